The zero-order valence-corrected chi connectivity index (χ0v) is 10.1. The Morgan fingerprint density at radius 3 is 2.67 bits per heavy atom. The summed E-state index contributed by atoms with van der Waals surface area (Å²) in [6.07, 6.45) is 0. The highest BCUT2D eigenvalue weighted by atomic mass is 19.1. The molecular weight excluding hydrogens is 240 g/mol. The van der Waals surface area contributed by atoms with E-state index in [1.54, 1.807) is 6.07 Å². The summed E-state index contributed by atoms with van der Waals surface area (Å²) in [4.78, 5) is 4.31. The Bertz CT molecular complexity index is 490. The van der Waals surface area contributed by atoms with E-state index >= 15 is 0 Å². The van der Waals surface area contributed by atoms with Crippen LogP contribution in [-0.2, 0) is 4.74 Å². The predicted molar refractivity (Wildman–Crippen MR) is 63.8 cm³/mol. The number of hydrogen-bond donors (Lipinski definition) is 2. The number of benzene rings is 1. The van der Waals surface area contributed by atoms with Crippen molar-refractivity contribution < 1.29 is 23.8 Å². The van der Waals surface area contributed by atoms with Gasteiger partial charge in [0.05, 0.1) is 5.54 Å². The summed E-state index contributed by atoms with van der Waals surface area (Å²) in [5.41, 5.74) is 0.167. The molecular formula is C11H13BFNO4. The maximum Gasteiger partial charge on any atom is 0.707 e. The Morgan fingerprint density at radius 1 is 1.44 bits per heavy atom. The Hall–Kier alpha value is -1.60. The third-order valence-corrected chi connectivity index (χ3v) is 2.38. The minimum atomic E-state index is -2.05. The van der Waals surface area contributed by atoms with Crippen LogP contribution >= 0.6 is 0 Å². The highest BCUT2D eigenvalue weighted by Crippen LogP contribution is 2.24. The molecule has 1 aromatic rings. The normalized spacial score (nSPS) is 17.1. The van der Waals surface area contributed by atoms with Gasteiger partial charge < -0.3 is 19.4 Å². The van der Waals surface area contributed by atoms with Gasteiger partial charge in [-0.15, -0.1) is 0 Å². The molecule has 0 atom stereocenters. The van der Waals surface area contributed by atoms with E-state index < -0.39 is 13.1 Å². The van der Waals surface area contributed by atoms with E-state index in [4.69, 9.17) is 14.8 Å². The quantitative estimate of drug-likeness (QED) is 0.779. The summed E-state index contributed by atoms with van der Waals surface area (Å²) < 4.78 is 23.4. The molecule has 1 aliphatic heterocycles. The van der Waals surface area contributed by atoms with Gasteiger partial charge in [0, 0.05) is 5.56 Å². The molecule has 7 heteroatoms. The lowest BCUT2D eigenvalue weighted by atomic mass is 10.1. The van der Waals surface area contributed by atoms with Gasteiger partial charge in [-0.3, -0.25) is 0 Å². The Kier molecular flexibility index (Phi) is 3.27. The van der Waals surface area contributed by atoms with Crippen LogP contribution in [0.3, 0.4) is 0 Å². The molecule has 0 radical (unpaired) electrons. The average Bonchev–Trinajstić information content (AvgIpc) is 2.61. The van der Waals surface area contributed by atoms with Gasteiger partial charge in [0.2, 0.25) is 5.90 Å². The summed E-state index contributed by atoms with van der Waals surface area (Å²) in [7, 11) is -2.05. The molecule has 0 saturated heterocycles. The molecule has 0 saturated carbocycles. The first-order valence-electron chi connectivity index (χ1n) is 5.43. The van der Waals surface area contributed by atoms with Gasteiger partial charge in [0.1, 0.15) is 12.4 Å². The van der Waals surface area contributed by atoms with Crippen molar-refractivity contribution in [2.75, 3.05) is 6.61 Å². The molecule has 0 bridgehead atoms. The minimum absolute atomic E-state index is 0.244. The lowest BCUT2D eigenvalue weighted by molar-refractivity contribution is 0.278. The molecule has 0 aromatic heterocycles. The van der Waals surface area contributed by atoms with Crippen molar-refractivity contribution in [2.24, 2.45) is 4.99 Å². The van der Waals surface area contributed by atoms with Crippen LogP contribution in [0.2, 0.25) is 0 Å². The Balaban J connectivity index is 2.25. The minimum Gasteiger partial charge on any atom is -0.510 e. The van der Waals surface area contributed by atoms with E-state index in [9.17, 15) is 4.39 Å². The molecule has 0 amide bonds. The SMILES string of the molecule is CC1(C)COC(c2ccc(OB(O)O)c(F)c2)=N1. The van der Waals surface area contributed by atoms with Crippen LogP contribution in [0.15, 0.2) is 23.2 Å². The lowest BCUT2D eigenvalue weighted by Crippen LogP contribution is -2.21. The monoisotopic (exact) mass is 253 g/mol. The fraction of sp³-hybridized carbons (Fsp3) is 0.364. The van der Waals surface area contributed by atoms with Gasteiger partial charge in [-0.25, -0.2) is 9.38 Å². The summed E-state index contributed by atoms with van der Waals surface area (Å²) in [6, 6.07) is 4.01. The zero-order valence-electron chi connectivity index (χ0n) is 10.1. The summed E-state index contributed by atoms with van der Waals surface area (Å²) in [5.74, 6) is -0.585. The number of aliphatic imine (C=N–C) groups is 1. The Morgan fingerprint density at radius 2 is 2.17 bits per heavy atom. The predicted octanol–water partition coefficient (Wildman–Crippen LogP) is 0.729. The van der Waals surface area contributed by atoms with Crippen molar-refractivity contribution in [3.8, 4) is 5.75 Å². The number of nitrogens with zero attached hydrogens (tertiary/aromatic N) is 1. The van der Waals surface area contributed by atoms with E-state index in [0.717, 1.165) is 0 Å². The van der Waals surface area contributed by atoms with Crippen LogP contribution in [0.25, 0.3) is 0 Å². The molecule has 18 heavy (non-hydrogen) atoms. The van der Waals surface area contributed by atoms with Crippen LogP contribution in [0, 0.1) is 5.82 Å². The van der Waals surface area contributed by atoms with E-state index in [2.05, 4.69) is 9.65 Å². The van der Waals surface area contributed by atoms with Gasteiger partial charge in [-0.2, -0.15) is 0 Å². The fourth-order valence-electron chi connectivity index (χ4n) is 1.58. The van der Waals surface area contributed by atoms with Crippen LogP contribution < -0.4 is 4.65 Å². The average molecular weight is 253 g/mol. The second-order valence-electron chi connectivity index (χ2n) is 4.61. The van der Waals surface area contributed by atoms with Crippen molar-refractivity contribution >= 4 is 13.2 Å². The van der Waals surface area contributed by atoms with E-state index in [1.807, 2.05) is 13.8 Å². The van der Waals surface area contributed by atoms with Gasteiger partial charge >= 0.3 is 7.32 Å². The molecule has 5 nitrogen and oxygen atoms in total. The second-order valence-corrected chi connectivity index (χ2v) is 4.61. The highest BCUT2D eigenvalue weighted by molar-refractivity contribution is 6.33. The summed E-state index contributed by atoms with van der Waals surface area (Å²) in [5, 5.41) is 17.2. The van der Waals surface area contributed by atoms with E-state index in [-0.39, 0.29) is 11.3 Å². The van der Waals surface area contributed by atoms with Crippen molar-refractivity contribution in [1.82, 2.24) is 0 Å². The third-order valence-electron chi connectivity index (χ3n) is 2.38. The van der Waals surface area contributed by atoms with Gasteiger partial charge in [0.25, 0.3) is 0 Å². The molecule has 96 valence electrons. The van der Waals surface area contributed by atoms with E-state index in [0.29, 0.717) is 18.1 Å². The first-order chi connectivity index (χ1) is 8.37. The molecule has 0 spiro atoms. The fourth-order valence-corrected chi connectivity index (χ4v) is 1.58. The zero-order chi connectivity index (χ0) is 13.3. The van der Waals surface area contributed by atoms with Crippen LogP contribution in [0.4, 0.5) is 4.39 Å². The number of hydrogen-bond acceptors (Lipinski definition) is 5. The number of ether oxygens (including phenoxy) is 1. The molecule has 0 fully saturated rings. The van der Waals surface area contributed by atoms with Crippen molar-refractivity contribution in [3.05, 3.63) is 29.6 Å². The molecule has 0 unspecified atom stereocenters. The summed E-state index contributed by atoms with van der Waals surface area (Å²) >= 11 is 0. The van der Waals surface area contributed by atoms with Crippen LogP contribution in [-0.4, -0.2) is 35.4 Å². The van der Waals surface area contributed by atoms with Crippen molar-refractivity contribution in [1.29, 1.82) is 0 Å². The molecule has 1 heterocycles. The standard InChI is InChI=1S/C11H13BFNO4/c1-11(2)6-17-10(14-11)7-3-4-9(8(13)5-7)18-12(15)16/h3-5,15-16H,6H2,1-2H3. The van der Waals surface area contributed by atoms with Crippen LogP contribution in [0.5, 0.6) is 5.75 Å². The third kappa shape index (κ3) is 2.80. The van der Waals surface area contributed by atoms with E-state index in [1.165, 1.54) is 12.1 Å². The molecule has 1 aromatic carbocycles. The maximum absolute atomic E-state index is 13.6. The van der Waals surface area contributed by atoms with Crippen LogP contribution in [0.1, 0.15) is 19.4 Å². The Labute approximate surface area is 104 Å². The first kappa shape index (κ1) is 12.9. The topological polar surface area (TPSA) is 71.3 Å². The summed E-state index contributed by atoms with van der Waals surface area (Å²) in [6.45, 7) is 4.27. The van der Waals surface area contributed by atoms with Crippen molar-refractivity contribution in [2.45, 2.75) is 19.4 Å². The molecule has 2 rings (SSSR count). The lowest BCUT2D eigenvalue weighted by Gasteiger charge is -2.07. The number of rotatable bonds is 3. The molecule has 2 N–H and O–H groups in total. The largest absolute Gasteiger partial charge is 0.707 e. The smallest absolute Gasteiger partial charge is 0.510 e. The maximum atomic E-state index is 13.6. The van der Waals surface area contributed by atoms with Gasteiger partial charge in [-0.1, -0.05) is 0 Å². The molecule has 1 aliphatic rings. The highest BCUT2D eigenvalue weighted by Gasteiger charge is 2.27. The number of halogens is 1. The first-order valence-corrected chi connectivity index (χ1v) is 5.43. The van der Waals surface area contributed by atoms with Crippen molar-refractivity contribution in [3.63, 3.8) is 0 Å². The second kappa shape index (κ2) is 4.58. The van der Waals surface area contributed by atoms with Gasteiger partial charge in [0.15, 0.2) is 5.82 Å². The van der Waals surface area contributed by atoms with Gasteiger partial charge in [-0.05, 0) is 32.0 Å². The molecule has 0 aliphatic carbocycles.